The van der Waals surface area contributed by atoms with Gasteiger partial charge in [-0.25, -0.2) is 13.4 Å². The Balaban J connectivity index is 1.31. The molecule has 4 heterocycles. The Hall–Kier alpha value is -3.18. The Morgan fingerprint density at radius 1 is 1.05 bits per heavy atom. The molecule has 0 spiro atoms. The van der Waals surface area contributed by atoms with E-state index in [1.165, 1.54) is 21.3 Å². The lowest BCUT2D eigenvalue weighted by Gasteiger charge is -2.37. The molecule has 3 aliphatic rings. The van der Waals surface area contributed by atoms with E-state index in [9.17, 15) is 18.0 Å². The number of anilines is 2. The van der Waals surface area contributed by atoms with Crippen molar-refractivity contribution in [2.45, 2.75) is 25.2 Å². The van der Waals surface area contributed by atoms with Gasteiger partial charge in [0.25, 0.3) is 5.91 Å². The normalized spacial score (nSPS) is 23.0. The monoisotopic (exact) mass is 527 g/mol. The number of piperidine rings is 1. The molecule has 10 nitrogen and oxygen atoms in total. The van der Waals surface area contributed by atoms with E-state index >= 15 is 0 Å². The number of carbonyl (C=O) groups is 2. The van der Waals surface area contributed by atoms with Crippen LogP contribution in [-0.2, 0) is 19.6 Å². The highest BCUT2D eigenvalue weighted by Crippen LogP contribution is 2.36. The molecule has 1 aromatic carbocycles. The third-order valence-electron chi connectivity index (χ3n) is 7.25. The molecule has 2 aromatic rings. The highest BCUT2D eigenvalue weighted by molar-refractivity contribution is 7.89. The number of benzene rings is 1. The molecule has 2 atom stereocenters. The van der Waals surface area contributed by atoms with Crippen LogP contribution < -0.4 is 14.5 Å². The summed E-state index contributed by atoms with van der Waals surface area (Å²) in [5.41, 5.74) is 0.316. The second-order valence-corrected chi connectivity index (χ2v) is 12.2. The first-order valence-corrected chi connectivity index (χ1v) is 14.2. The number of pyridine rings is 1. The molecule has 37 heavy (non-hydrogen) atoms. The maximum Gasteiger partial charge on any atom is 0.265 e. The van der Waals surface area contributed by atoms with E-state index in [1.807, 2.05) is 18.2 Å². The molecule has 0 aliphatic carbocycles. The summed E-state index contributed by atoms with van der Waals surface area (Å²) < 4.78 is 34.0. The largest absolute Gasteiger partial charge is 0.482 e. The van der Waals surface area contributed by atoms with Crippen LogP contribution in [0.1, 0.15) is 20.3 Å². The first-order chi connectivity index (χ1) is 17.7. The average molecular weight is 528 g/mol. The van der Waals surface area contributed by atoms with Crippen LogP contribution in [0.25, 0.3) is 0 Å². The number of piperazine rings is 1. The zero-order chi connectivity index (χ0) is 26.2. The number of fused-ring (bicyclic) bond motifs is 1. The van der Waals surface area contributed by atoms with Gasteiger partial charge in [0.2, 0.25) is 15.9 Å². The molecular formula is C26H33N5O5S. The molecule has 0 radical (unpaired) electrons. The summed E-state index contributed by atoms with van der Waals surface area (Å²) in [4.78, 5) is 35.7. The van der Waals surface area contributed by atoms with Crippen molar-refractivity contribution in [3.8, 4) is 5.75 Å². The SMILES string of the molecule is C[C@@H]1C[C@H](C)CN(S(=O)(=O)c2ccc3c(c2)N(CC(=O)N2CCN(c4ccccn4)CC2)C(=O)CO3)C1. The maximum atomic E-state index is 13.5. The number of nitrogens with zero attached hydrogens (tertiary/aromatic N) is 5. The molecule has 5 rings (SSSR count). The van der Waals surface area contributed by atoms with Crippen LogP contribution in [0.5, 0.6) is 5.75 Å². The molecule has 11 heteroatoms. The van der Waals surface area contributed by atoms with Crippen LogP contribution in [0.4, 0.5) is 11.5 Å². The van der Waals surface area contributed by atoms with Crippen molar-refractivity contribution in [2.75, 3.05) is 62.2 Å². The summed E-state index contributed by atoms with van der Waals surface area (Å²) in [6, 6.07) is 10.3. The number of amides is 2. The Kier molecular flexibility index (Phi) is 7.09. The van der Waals surface area contributed by atoms with Crippen LogP contribution >= 0.6 is 0 Å². The van der Waals surface area contributed by atoms with Gasteiger partial charge in [0.15, 0.2) is 6.61 Å². The molecule has 0 N–H and O–H groups in total. The van der Waals surface area contributed by atoms with Gasteiger partial charge in [-0.3, -0.25) is 14.5 Å². The number of carbonyl (C=O) groups excluding carboxylic acids is 2. The topological polar surface area (TPSA) is 103 Å². The van der Waals surface area contributed by atoms with Crippen molar-refractivity contribution in [3.05, 3.63) is 42.6 Å². The molecule has 0 saturated carbocycles. The first-order valence-electron chi connectivity index (χ1n) is 12.7. The Labute approximate surface area is 217 Å². The van der Waals surface area contributed by atoms with Gasteiger partial charge < -0.3 is 14.5 Å². The van der Waals surface area contributed by atoms with Gasteiger partial charge in [-0.05, 0) is 48.6 Å². The smallest absolute Gasteiger partial charge is 0.265 e. The molecule has 2 fully saturated rings. The van der Waals surface area contributed by atoms with E-state index in [0.29, 0.717) is 50.7 Å². The number of rotatable bonds is 5. The van der Waals surface area contributed by atoms with Crippen molar-refractivity contribution in [2.24, 2.45) is 11.8 Å². The lowest BCUT2D eigenvalue weighted by molar-refractivity contribution is -0.132. The molecule has 3 aliphatic heterocycles. The molecule has 1 aromatic heterocycles. The fourth-order valence-corrected chi connectivity index (χ4v) is 7.13. The van der Waals surface area contributed by atoms with Crippen LogP contribution in [-0.4, -0.2) is 86.8 Å². The second kappa shape index (κ2) is 10.3. The third kappa shape index (κ3) is 5.28. The maximum absolute atomic E-state index is 13.5. The van der Waals surface area contributed by atoms with Gasteiger partial charge in [-0.2, -0.15) is 4.31 Å². The number of ether oxygens (including phenoxy) is 1. The number of hydrogen-bond acceptors (Lipinski definition) is 7. The van der Waals surface area contributed by atoms with Crippen LogP contribution in [0, 0.1) is 11.8 Å². The minimum Gasteiger partial charge on any atom is -0.482 e. The summed E-state index contributed by atoms with van der Waals surface area (Å²) in [6.07, 6.45) is 2.74. The van der Waals surface area contributed by atoms with E-state index in [0.717, 1.165) is 12.2 Å². The Morgan fingerprint density at radius 2 is 1.78 bits per heavy atom. The summed E-state index contributed by atoms with van der Waals surface area (Å²) in [5.74, 6) is 1.25. The van der Waals surface area contributed by atoms with Gasteiger partial charge in [0.1, 0.15) is 18.1 Å². The lowest BCUT2D eigenvalue weighted by atomic mass is 9.94. The van der Waals surface area contributed by atoms with E-state index in [2.05, 4.69) is 23.7 Å². The molecule has 2 amide bonds. The van der Waals surface area contributed by atoms with Crippen molar-refractivity contribution in [1.29, 1.82) is 0 Å². The first kappa shape index (κ1) is 25.5. The summed E-state index contributed by atoms with van der Waals surface area (Å²) in [6.45, 7) is 7.00. The highest BCUT2D eigenvalue weighted by atomic mass is 32.2. The van der Waals surface area contributed by atoms with Gasteiger partial charge >= 0.3 is 0 Å². The second-order valence-electron chi connectivity index (χ2n) is 10.2. The van der Waals surface area contributed by atoms with E-state index < -0.39 is 10.0 Å². The Bertz CT molecular complexity index is 1250. The quantitative estimate of drug-likeness (QED) is 0.584. The number of aromatic nitrogens is 1. The minimum atomic E-state index is -3.75. The molecule has 0 bridgehead atoms. The lowest BCUT2D eigenvalue weighted by Crippen LogP contribution is -2.53. The standard InChI is InChI=1S/C26H33N5O5S/c1-19-13-20(2)16-30(15-19)37(34,35)21-6-7-23-22(14-21)31(26(33)18-36-23)17-25(32)29-11-9-28(10-12-29)24-5-3-4-8-27-24/h3-8,14,19-20H,9-13,15-18H2,1-2H3/t19-,20+. The van der Waals surface area contributed by atoms with Crippen LogP contribution in [0.2, 0.25) is 0 Å². The zero-order valence-corrected chi connectivity index (χ0v) is 22.1. The summed E-state index contributed by atoms with van der Waals surface area (Å²) >= 11 is 0. The number of hydrogen-bond donors (Lipinski definition) is 0. The molecule has 198 valence electrons. The van der Waals surface area contributed by atoms with Crippen molar-refractivity contribution in [1.82, 2.24) is 14.2 Å². The van der Waals surface area contributed by atoms with E-state index in [-0.39, 0.29) is 41.7 Å². The van der Waals surface area contributed by atoms with Crippen LogP contribution in [0.15, 0.2) is 47.5 Å². The summed E-state index contributed by atoms with van der Waals surface area (Å²) in [7, 11) is -3.75. The van der Waals surface area contributed by atoms with Gasteiger partial charge in [-0.1, -0.05) is 19.9 Å². The highest BCUT2D eigenvalue weighted by Gasteiger charge is 2.35. The van der Waals surface area contributed by atoms with Crippen molar-refractivity contribution >= 4 is 33.3 Å². The van der Waals surface area contributed by atoms with Crippen molar-refractivity contribution < 1.29 is 22.7 Å². The molecular weight excluding hydrogens is 494 g/mol. The third-order valence-corrected chi connectivity index (χ3v) is 9.07. The van der Waals surface area contributed by atoms with E-state index in [4.69, 9.17) is 4.74 Å². The predicted octanol–water partition coefficient (Wildman–Crippen LogP) is 1.82. The van der Waals surface area contributed by atoms with Gasteiger partial charge in [0, 0.05) is 45.5 Å². The fourth-order valence-electron chi connectivity index (χ4n) is 5.43. The Morgan fingerprint density at radius 3 is 2.46 bits per heavy atom. The van der Waals surface area contributed by atoms with Gasteiger partial charge in [0.05, 0.1) is 10.6 Å². The fraction of sp³-hybridized carbons (Fsp3) is 0.500. The molecule has 0 unspecified atom stereocenters. The average Bonchev–Trinajstić information content (AvgIpc) is 2.90. The van der Waals surface area contributed by atoms with Crippen LogP contribution in [0.3, 0.4) is 0 Å². The zero-order valence-electron chi connectivity index (χ0n) is 21.2. The van der Waals surface area contributed by atoms with Crippen molar-refractivity contribution in [3.63, 3.8) is 0 Å². The summed E-state index contributed by atoms with van der Waals surface area (Å²) in [5, 5.41) is 0. The minimum absolute atomic E-state index is 0.104. The van der Waals surface area contributed by atoms with Gasteiger partial charge in [-0.15, -0.1) is 0 Å². The predicted molar refractivity (Wildman–Crippen MR) is 139 cm³/mol. The number of sulfonamides is 1. The van der Waals surface area contributed by atoms with E-state index in [1.54, 1.807) is 17.2 Å². The molecule has 2 saturated heterocycles.